The van der Waals surface area contributed by atoms with Crippen LogP contribution in [0, 0.1) is 6.92 Å². The van der Waals surface area contributed by atoms with Crippen molar-refractivity contribution in [3.05, 3.63) is 21.9 Å². The van der Waals surface area contributed by atoms with Crippen molar-refractivity contribution in [2.24, 2.45) is 10.8 Å². The Kier molecular flexibility index (Phi) is 4.76. The van der Waals surface area contributed by atoms with Crippen molar-refractivity contribution in [3.63, 3.8) is 0 Å². The molecule has 0 aliphatic rings. The second-order valence-electron chi connectivity index (χ2n) is 4.05. The van der Waals surface area contributed by atoms with Crippen LogP contribution in [-0.2, 0) is 0 Å². The fourth-order valence-electron chi connectivity index (χ4n) is 1.32. The number of hydrazine groups is 1. The SMILES string of the molecule is Cc1ccc(C(C)N=C(NN)NC(C)C)s1. The van der Waals surface area contributed by atoms with Gasteiger partial charge >= 0.3 is 0 Å². The molecular weight excluding hydrogens is 220 g/mol. The highest BCUT2D eigenvalue weighted by molar-refractivity contribution is 7.12. The molecule has 0 amide bonds. The predicted molar refractivity (Wildman–Crippen MR) is 70.5 cm³/mol. The largest absolute Gasteiger partial charge is 0.353 e. The monoisotopic (exact) mass is 240 g/mol. The van der Waals surface area contributed by atoms with Gasteiger partial charge < -0.3 is 5.32 Å². The molecule has 5 heteroatoms. The lowest BCUT2D eigenvalue weighted by Crippen LogP contribution is -2.44. The van der Waals surface area contributed by atoms with Crippen LogP contribution in [0.3, 0.4) is 0 Å². The Bertz CT molecular complexity index is 357. The zero-order valence-electron chi connectivity index (χ0n) is 10.2. The van der Waals surface area contributed by atoms with Crippen LogP contribution in [0.1, 0.15) is 36.6 Å². The van der Waals surface area contributed by atoms with Crippen molar-refractivity contribution in [1.29, 1.82) is 0 Å². The number of aliphatic imine (C=N–C) groups is 1. The Balaban J connectivity index is 2.72. The maximum absolute atomic E-state index is 5.41. The smallest absolute Gasteiger partial charge is 0.206 e. The standard InChI is InChI=1S/C11H20N4S/c1-7(2)13-11(15-12)14-9(4)10-6-5-8(3)16-10/h5-7,9H,12H2,1-4H3,(H2,13,14,15). The average molecular weight is 240 g/mol. The lowest BCUT2D eigenvalue weighted by atomic mass is 10.3. The molecule has 0 spiro atoms. The van der Waals surface area contributed by atoms with E-state index in [1.807, 2.05) is 13.8 Å². The predicted octanol–water partition coefficient (Wildman–Crippen LogP) is 1.93. The molecule has 0 bridgehead atoms. The molecule has 1 aromatic heterocycles. The highest BCUT2D eigenvalue weighted by Crippen LogP contribution is 2.24. The summed E-state index contributed by atoms with van der Waals surface area (Å²) >= 11 is 1.76. The highest BCUT2D eigenvalue weighted by Gasteiger charge is 2.08. The first-order chi connectivity index (χ1) is 7.52. The summed E-state index contributed by atoms with van der Waals surface area (Å²) in [6.45, 7) is 8.25. The minimum absolute atomic E-state index is 0.121. The fraction of sp³-hybridized carbons (Fsp3) is 0.545. The van der Waals surface area contributed by atoms with Crippen molar-refractivity contribution in [3.8, 4) is 0 Å². The molecule has 0 saturated heterocycles. The molecule has 1 atom stereocenters. The van der Waals surface area contributed by atoms with Crippen molar-refractivity contribution in [2.45, 2.75) is 39.8 Å². The first-order valence-electron chi connectivity index (χ1n) is 5.40. The van der Waals surface area contributed by atoms with Gasteiger partial charge in [-0.2, -0.15) is 0 Å². The number of thiophene rings is 1. The number of nitrogens with one attached hydrogen (secondary N) is 2. The van der Waals surface area contributed by atoms with Crippen molar-refractivity contribution >= 4 is 17.3 Å². The number of hydrogen-bond donors (Lipinski definition) is 3. The quantitative estimate of drug-likeness (QED) is 0.327. The molecule has 4 nitrogen and oxygen atoms in total. The van der Waals surface area contributed by atoms with Crippen LogP contribution >= 0.6 is 11.3 Å². The molecule has 0 saturated carbocycles. The van der Waals surface area contributed by atoms with Gasteiger partial charge in [-0.3, -0.25) is 5.43 Å². The van der Waals surface area contributed by atoms with E-state index in [0.717, 1.165) is 0 Å². The fourth-order valence-corrected chi connectivity index (χ4v) is 2.19. The third-order valence-corrected chi connectivity index (χ3v) is 3.23. The van der Waals surface area contributed by atoms with Crippen LogP contribution in [0.2, 0.25) is 0 Å². The van der Waals surface area contributed by atoms with E-state index in [4.69, 9.17) is 5.84 Å². The summed E-state index contributed by atoms with van der Waals surface area (Å²) < 4.78 is 0. The van der Waals surface area contributed by atoms with Gasteiger partial charge in [-0.15, -0.1) is 11.3 Å². The highest BCUT2D eigenvalue weighted by atomic mass is 32.1. The van der Waals surface area contributed by atoms with Gasteiger partial charge in [0.05, 0.1) is 6.04 Å². The summed E-state index contributed by atoms with van der Waals surface area (Å²) in [4.78, 5) is 7.05. The van der Waals surface area contributed by atoms with E-state index in [9.17, 15) is 0 Å². The van der Waals surface area contributed by atoms with Crippen LogP contribution in [0.25, 0.3) is 0 Å². The number of nitrogens with two attached hydrogens (primary N) is 1. The molecule has 0 fully saturated rings. The van der Waals surface area contributed by atoms with Gasteiger partial charge in [0, 0.05) is 15.8 Å². The number of nitrogens with zero attached hydrogens (tertiary/aromatic N) is 1. The summed E-state index contributed by atoms with van der Waals surface area (Å²) in [6.07, 6.45) is 0. The average Bonchev–Trinajstić information content (AvgIpc) is 2.63. The summed E-state index contributed by atoms with van der Waals surface area (Å²) in [7, 11) is 0. The van der Waals surface area contributed by atoms with Gasteiger partial charge in [-0.05, 0) is 39.8 Å². The van der Waals surface area contributed by atoms with Crippen LogP contribution in [0.5, 0.6) is 0 Å². The van der Waals surface area contributed by atoms with Gasteiger partial charge in [-0.1, -0.05) is 0 Å². The molecule has 1 heterocycles. The molecule has 1 rings (SSSR count). The van der Waals surface area contributed by atoms with Crippen LogP contribution in [0.4, 0.5) is 0 Å². The van der Waals surface area contributed by atoms with Gasteiger partial charge in [0.15, 0.2) is 0 Å². The number of rotatable bonds is 3. The Labute approximate surface area is 101 Å². The number of guanidine groups is 1. The molecule has 4 N–H and O–H groups in total. The number of hydrogen-bond acceptors (Lipinski definition) is 3. The van der Waals surface area contributed by atoms with Gasteiger partial charge in [0.25, 0.3) is 0 Å². The van der Waals surface area contributed by atoms with E-state index in [-0.39, 0.29) is 6.04 Å². The Morgan fingerprint density at radius 1 is 1.38 bits per heavy atom. The van der Waals surface area contributed by atoms with Crippen LogP contribution < -0.4 is 16.6 Å². The van der Waals surface area contributed by atoms with Gasteiger partial charge in [-0.25, -0.2) is 10.8 Å². The third-order valence-electron chi connectivity index (χ3n) is 2.06. The first kappa shape index (κ1) is 13.0. The molecule has 0 radical (unpaired) electrons. The molecule has 0 aliphatic carbocycles. The molecule has 90 valence electrons. The van der Waals surface area contributed by atoms with E-state index in [0.29, 0.717) is 12.0 Å². The van der Waals surface area contributed by atoms with E-state index >= 15 is 0 Å². The molecule has 0 aliphatic heterocycles. The number of aryl methyl sites for hydroxylation is 1. The lowest BCUT2D eigenvalue weighted by Gasteiger charge is -2.14. The zero-order chi connectivity index (χ0) is 12.1. The second kappa shape index (κ2) is 5.86. The van der Waals surface area contributed by atoms with Crippen molar-refractivity contribution in [2.75, 3.05) is 0 Å². The topological polar surface area (TPSA) is 62.4 Å². The van der Waals surface area contributed by atoms with E-state index in [1.54, 1.807) is 11.3 Å². The Morgan fingerprint density at radius 3 is 2.50 bits per heavy atom. The molecular formula is C11H20N4S. The minimum Gasteiger partial charge on any atom is -0.353 e. The van der Waals surface area contributed by atoms with E-state index < -0.39 is 0 Å². The Hall–Kier alpha value is -1.07. The van der Waals surface area contributed by atoms with Gasteiger partial charge in [0.2, 0.25) is 5.96 Å². The summed E-state index contributed by atoms with van der Waals surface area (Å²) in [6, 6.07) is 4.65. The Morgan fingerprint density at radius 2 is 2.06 bits per heavy atom. The molecule has 1 unspecified atom stereocenters. The molecule has 1 aromatic rings. The van der Waals surface area contributed by atoms with E-state index in [2.05, 4.69) is 41.7 Å². The maximum Gasteiger partial charge on any atom is 0.206 e. The van der Waals surface area contributed by atoms with Crippen molar-refractivity contribution < 1.29 is 0 Å². The lowest BCUT2D eigenvalue weighted by molar-refractivity contribution is 0.690. The molecule has 0 aromatic carbocycles. The summed E-state index contributed by atoms with van der Waals surface area (Å²) in [5, 5.41) is 3.16. The van der Waals surface area contributed by atoms with Crippen molar-refractivity contribution in [1.82, 2.24) is 10.7 Å². The summed E-state index contributed by atoms with van der Waals surface area (Å²) in [5.41, 5.74) is 2.58. The molecule has 16 heavy (non-hydrogen) atoms. The van der Waals surface area contributed by atoms with Gasteiger partial charge in [0.1, 0.15) is 0 Å². The second-order valence-corrected chi connectivity index (χ2v) is 5.36. The van der Waals surface area contributed by atoms with Crippen LogP contribution in [0.15, 0.2) is 17.1 Å². The first-order valence-corrected chi connectivity index (χ1v) is 6.22. The van der Waals surface area contributed by atoms with Crippen LogP contribution in [-0.4, -0.2) is 12.0 Å². The summed E-state index contributed by atoms with van der Waals surface area (Å²) in [5.74, 6) is 6.05. The maximum atomic E-state index is 5.41. The minimum atomic E-state index is 0.121. The normalized spacial score (nSPS) is 14.0. The zero-order valence-corrected chi connectivity index (χ0v) is 11.1. The third kappa shape index (κ3) is 3.83. The van der Waals surface area contributed by atoms with E-state index in [1.165, 1.54) is 9.75 Å².